The van der Waals surface area contributed by atoms with Gasteiger partial charge in [-0.25, -0.2) is 0 Å². The normalized spacial score (nSPS) is 26.8. The number of rotatable bonds is 4. The zero-order valence-electron chi connectivity index (χ0n) is 9.99. The quantitative estimate of drug-likeness (QED) is 0.554. The lowest BCUT2D eigenvalue weighted by Crippen LogP contribution is -2.25. The SMILES string of the molecule is CC(N)N1CC1C.CC[SiH](OC)OC. The third kappa shape index (κ3) is 5.72. The summed E-state index contributed by atoms with van der Waals surface area (Å²) in [7, 11) is 2.23. The van der Waals surface area contributed by atoms with Crippen LogP contribution < -0.4 is 5.73 Å². The molecule has 0 aromatic rings. The van der Waals surface area contributed by atoms with Crippen LogP contribution in [0.1, 0.15) is 20.8 Å². The lowest BCUT2D eigenvalue weighted by molar-refractivity contribution is 0.279. The Kier molecular flexibility index (Phi) is 7.39. The molecule has 1 aliphatic heterocycles. The Morgan fingerprint density at radius 1 is 1.50 bits per heavy atom. The average Bonchev–Trinajstić information content (AvgIpc) is 2.87. The van der Waals surface area contributed by atoms with Crippen molar-refractivity contribution in [2.24, 2.45) is 5.73 Å². The number of nitrogens with two attached hydrogens (primary N) is 1. The van der Waals surface area contributed by atoms with E-state index in [0.717, 1.165) is 12.1 Å². The maximum Gasteiger partial charge on any atom is 0.320 e. The second kappa shape index (κ2) is 7.36. The molecule has 5 heteroatoms. The monoisotopic (exact) mass is 220 g/mol. The Morgan fingerprint density at radius 2 is 1.93 bits per heavy atom. The molecule has 3 unspecified atom stereocenters. The fraction of sp³-hybridized carbons (Fsp3) is 1.00. The summed E-state index contributed by atoms with van der Waals surface area (Å²) in [5.41, 5.74) is 5.51. The van der Waals surface area contributed by atoms with Gasteiger partial charge in [0.15, 0.2) is 0 Å². The molecule has 0 radical (unpaired) electrons. The van der Waals surface area contributed by atoms with Gasteiger partial charge in [0.2, 0.25) is 0 Å². The van der Waals surface area contributed by atoms with Gasteiger partial charge < -0.3 is 14.6 Å². The Morgan fingerprint density at radius 3 is 1.93 bits per heavy atom. The molecule has 0 bridgehead atoms. The van der Waals surface area contributed by atoms with E-state index in [0.29, 0.717) is 0 Å². The zero-order valence-corrected chi connectivity index (χ0v) is 11.1. The van der Waals surface area contributed by atoms with E-state index < -0.39 is 9.28 Å². The van der Waals surface area contributed by atoms with Crippen LogP contribution in [0.15, 0.2) is 0 Å². The summed E-state index contributed by atoms with van der Waals surface area (Å²) < 4.78 is 9.93. The summed E-state index contributed by atoms with van der Waals surface area (Å²) in [6, 6.07) is 1.80. The molecular weight excluding hydrogens is 196 g/mol. The molecule has 0 aromatic carbocycles. The van der Waals surface area contributed by atoms with E-state index in [1.165, 1.54) is 6.54 Å². The van der Waals surface area contributed by atoms with Crippen LogP contribution in [0.4, 0.5) is 0 Å². The van der Waals surface area contributed by atoms with Crippen LogP contribution in [-0.4, -0.2) is 47.2 Å². The molecule has 86 valence electrons. The topological polar surface area (TPSA) is 47.5 Å². The van der Waals surface area contributed by atoms with Gasteiger partial charge in [0.25, 0.3) is 0 Å². The van der Waals surface area contributed by atoms with Crippen molar-refractivity contribution in [3.8, 4) is 0 Å². The van der Waals surface area contributed by atoms with Gasteiger partial charge in [-0.2, -0.15) is 0 Å². The Balaban J connectivity index is 0.000000241. The summed E-state index contributed by atoms with van der Waals surface area (Å²) in [6.45, 7) is 7.47. The molecule has 1 aliphatic rings. The lowest BCUT2D eigenvalue weighted by atomic mass is 10.5. The Hall–Kier alpha value is 0.0569. The third-order valence-corrected chi connectivity index (χ3v) is 4.01. The van der Waals surface area contributed by atoms with Crippen LogP contribution in [-0.2, 0) is 8.85 Å². The van der Waals surface area contributed by atoms with E-state index in [-0.39, 0.29) is 6.17 Å². The van der Waals surface area contributed by atoms with Gasteiger partial charge >= 0.3 is 9.28 Å². The van der Waals surface area contributed by atoms with Crippen LogP contribution >= 0.6 is 0 Å². The first kappa shape index (κ1) is 14.1. The molecule has 1 rings (SSSR count). The van der Waals surface area contributed by atoms with Gasteiger partial charge in [-0.05, 0) is 19.9 Å². The third-order valence-electron chi connectivity index (χ3n) is 2.29. The highest BCUT2D eigenvalue weighted by molar-refractivity contribution is 6.44. The van der Waals surface area contributed by atoms with Crippen LogP contribution in [0, 0.1) is 0 Å². The van der Waals surface area contributed by atoms with Gasteiger partial charge in [0, 0.05) is 26.8 Å². The predicted octanol–water partition coefficient (Wildman–Crippen LogP) is 0.515. The minimum Gasteiger partial charge on any atom is -0.400 e. The average molecular weight is 220 g/mol. The summed E-state index contributed by atoms with van der Waals surface area (Å²) in [4.78, 5) is 2.24. The van der Waals surface area contributed by atoms with E-state index in [1.807, 2.05) is 6.92 Å². The van der Waals surface area contributed by atoms with Crippen molar-refractivity contribution in [3.63, 3.8) is 0 Å². The van der Waals surface area contributed by atoms with E-state index in [9.17, 15) is 0 Å². The van der Waals surface area contributed by atoms with Crippen molar-refractivity contribution >= 4 is 9.28 Å². The molecule has 1 saturated heterocycles. The van der Waals surface area contributed by atoms with Gasteiger partial charge in [-0.3, -0.25) is 4.90 Å². The van der Waals surface area contributed by atoms with E-state index in [2.05, 4.69) is 18.7 Å². The highest BCUT2D eigenvalue weighted by Crippen LogP contribution is 2.16. The maximum absolute atomic E-state index is 5.51. The summed E-state index contributed by atoms with van der Waals surface area (Å²) in [5.74, 6) is 0. The number of hydrogen-bond donors (Lipinski definition) is 1. The zero-order chi connectivity index (χ0) is 11.1. The van der Waals surface area contributed by atoms with Gasteiger partial charge in [-0.15, -0.1) is 0 Å². The molecule has 14 heavy (non-hydrogen) atoms. The summed E-state index contributed by atoms with van der Waals surface area (Å²) in [6.07, 6.45) is 0.273. The number of nitrogens with zero attached hydrogens (tertiary/aromatic N) is 1. The molecule has 1 fully saturated rings. The second-order valence-corrected chi connectivity index (χ2v) is 6.21. The Labute approximate surface area is 89.2 Å². The highest BCUT2D eigenvalue weighted by Gasteiger charge is 2.31. The first-order valence-corrected chi connectivity index (χ1v) is 6.89. The molecule has 0 aromatic heterocycles. The minimum atomic E-state index is -1.17. The molecule has 0 amide bonds. The Bertz CT molecular complexity index is 137. The van der Waals surface area contributed by atoms with Crippen LogP contribution in [0.3, 0.4) is 0 Å². The standard InChI is InChI=1S/C5H12N2.C4H12O2Si/c1-4-3-7(4)5(2)6;1-4-7(5-2)6-3/h4-5H,3,6H2,1-2H3;7H,4H2,1-3H3. The van der Waals surface area contributed by atoms with E-state index in [4.69, 9.17) is 14.6 Å². The minimum absolute atomic E-state index is 0.273. The largest absolute Gasteiger partial charge is 0.400 e. The molecule has 0 spiro atoms. The highest BCUT2D eigenvalue weighted by atomic mass is 28.3. The van der Waals surface area contributed by atoms with Crippen molar-refractivity contribution in [1.82, 2.24) is 4.90 Å². The van der Waals surface area contributed by atoms with E-state index in [1.54, 1.807) is 14.2 Å². The van der Waals surface area contributed by atoms with Crippen LogP contribution in [0.5, 0.6) is 0 Å². The lowest BCUT2D eigenvalue weighted by Gasteiger charge is -2.05. The van der Waals surface area contributed by atoms with Gasteiger partial charge in [0.1, 0.15) is 0 Å². The predicted molar refractivity (Wildman–Crippen MR) is 61.5 cm³/mol. The first-order chi connectivity index (χ1) is 6.56. The molecule has 1 heterocycles. The molecule has 2 N–H and O–H groups in total. The van der Waals surface area contributed by atoms with Gasteiger partial charge in [0.05, 0.1) is 6.17 Å². The van der Waals surface area contributed by atoms with Crippen molar-refractivity contribution in [2.45, 2.75) is 39.0 Å². The molecule has 3 atom stereocenters. The smallest absolute Gasteiger partial charge is 0.320 e. The van der Waals surface area contributed by atoms with Gasteiger partial charge in [-0.1, -0.05) is 6.92 Å². The maximum atomic E-state index is 5.51. The van der Waals surface area contributed by atoms with Crippen LogP contribution in [0.2, 0.25) is 6.04 Å². The van der Waals surface area contributed by atoms with Crippen molar-refractivity contribution in [3.05, 3.63) is 0 Å². The molecule has 0 saturated carbocycles. The van der Waals surface area contributed by atoms with Crippen molar-refractivity contribution < 1.29 is 8.85 Å². The fourth-order valence-corrected chi connectivity index (χ4v) is 2.11. The summed E-state index contributed by atoms with van der Waals surface area (Å²) >= 11 is 0. The van der Waals surface area contributed by atoms with Crippen LogP contribution in [0.25, 0.3) is 0 Å². The van der Waals surface area contributed by atoms with Crippen molar-refractivity contribution in [1.29, 1.82) is 0 Å². The van der Waals surface area contributed by atoms with Crippen molar-refractivity contribution in [2.75, 3.05) is 20.8 Å². The number of hydrogen-bond acceptors (Lipinski definition) is 4. The molecule has 0 aliphatic carbocycles. The first-order valence-electron chi connectivity index (χ1n) is 5.13. The molecule has 4 nitrogen and oxygen atoms in total. The van der Waals surface area contributed by atoms with E-state index >= 15 is 0 Å². The summed E-state index contributed by atoms with van der Waals surface area (Å²) in [5, 5.41) is 0. The fourth-order valence-electron chi connectivity index (χ4n) is 1.26. The second-order valence-electron chi connectivity index (χ2n) is 3.60. The molecular formula is C9H24N2O2Si.